The van der Waals surface area contributed by atoms with E-state index in [1.54, 1.807) is 0 Å². The maximum Gasteiger partial charge on any atom is 0.198 e. The number of carbonyl (C=O) groups excluding carboxylic acids is 1. The van der Waals surface area contributed by atoms with Crippen molar-refractivity contribution in [3.05, 3.63) is 34.4 Å². The number of aromatic hydroxyl groups is 1. The van der Waals surface area contributed by atoms with Crippen LogP contribution in [0.1, 0.15) is 35.1 Å². The Kier molecular flexibility index (Phi) is 3.89. The summed E-state index contributed by atoms with van der Waals surface area (Å²) in [5, 5.41) is 11.4. The number of thioether (sulfide) groups is 1. The van der Waals surface area contributed by atoms with Gasteiger partial charge < -0.3 is 5.11 Å². The molecule has 0 aromatic heterocycles. The van der Waals surface area contributed by atoms with Gasteiger partial charge in [-0.1, -0.05) is 12.2 Å². The van der Waals surface area contributed by atoms with Crippen molar-refractivity contribution in [2.45, 2.75) is 40.5 Å². The van der Waals surface area contributed by atoms with Gasteiger partial charge in [-0.3, -0.25) is 4.79 Å². The van der Waals surface area contributed by atoms with Gasteiger partial charge in [0.15, 0.2) is 5.12 Å². The molecule has 0 bridgehead atoms. The standard InChI is InChI=1S/C18H21NO2S/c1-9-10(2)15(12(4)16(20)11(9)3)19-17-13-7-5-6-8-14(13)18(21)22-17/h5,7,13-14,20H,6,8H2,1-4H3. The van der Waals surface area contributed by atoms with Crippen LogP contribution in [0.3, 0.4) is 0 Å². The molecule has 1 aromatic rings. The molecular weight excluding hydrogens is 294 g/mol. The Hall–Kier alpha value is -1.55. The van der Waals surface area contributed by atoms with E-state index in [0.717, 1.165) is 45.8 Å². The zero-order chi connectivity index (χ0) is 16.0. The van der Waals surface area contributed by atoms with E-state index in [0.29, 0.717) is 5.75 Å². The van der Waals surface area contributed by atoms with Gasteiger partial charge >= 0.3 is 0 Å². The molecule has 1 aliphatic heterocycles. The SMILES string of the molecule is Cc1c(C)c(O)c(C)c(N=C2SC(=O)C3CCC=CC23)c1C. The average Bonchev–Trinajstić information content (AvgIpc) is 2.84. The van der Waals surface area contributed by atoms with Gasteiger partial charge in [0.2, 0.25) is 0 Å². The molecule has 2 unspecified atom stereocenters. The van der Waals surface area contributed by atoms with Crippen LogP contribution in [0.2, 0.25) is 0 Å². The molecule has 1 N–H and O–H groups in total. The highest BCUT2D eigenvalue weighted by atomic mass is 32.2. The quantitative estimate of drug-likeness (QED) is 0.776. The third-order valence-corrected chi connectivity index (χ3v) is 6.06. The summed E-state index contributed by atoms with van der Waals surface area (Å²) in [5.74, 6) is 0.510. The first-order valence-corrected chi connectivity index (χ1v) is 8.49. The number of phenolic OH excluding ortho intramolecular Hbond substituents is 1. The summed E-state index contributed by atoms with van der Waals surface area (Å²) in [4.78, 5) is 17.0. The van der Waals surface area contributed by atoms with E-state index in [9.17, 15) is 9.90 Å². The maximum atomic E-state index is 12.2. The number of hydrogen-bond acceptors (Lipinski definition) is 4. The lowest BCUT2D eigenvalue weighted by Crippen LogP contribution is -2.18. The van der Waals surface area contributed by atoms with Crippen LogP contribution in [0.25, 0.3) is 0 Å². The second kappa shape index (κ2) is 5.58. The fraction of sp³-hybridized carbons (Fsp3) is 0.444. The topological polar surface area (TPSA) is 49.7 Å². The van der Waals surface area contributed by atoms with Crippen molar-refractivity contribution in [3.8, 4) is 5.75 Å². The van der Waals surface area contributed by atoms with Gasteiger partial charge in [-0.05, 0) is 69.0 Å². The van der Waals surface area contributed by atoms with Crippen LogP contribution < -0.4 is 0 Å². The van der Waals surface area contributed by atoms with E-state index >= 15 is 0 Å². The molecule has 2 aliphatic rings. The molecule has 3 rings (SSSR count). The van der Waals surface area contributed by atoms with Crippen molar-refractivity contribution in [1.29, 1.82) is 0 Å². The zero-order valence-electron chi connectivity index (χ0n) is 13.4. The van der Waals surface area contributed by atoms with Crippen molar-refractivity contribution in [3.63, 3.8) is 0 Å². The summed E-state index contributed by atoms with van der Waals surface area (Å²) in [6.45, 7) is 7.85. The fourth-order valence-corrected chi connectivity index (χ4v) is 4.42. The molecule has 22 heavy (non-hydrogen) atoms. The van der Waals surface area contributed by atoms with Crippen molar-refractivity contribution < 1.29 is 9.90 Å². The number of phenols is 1. The van der Waals surface area contributed by atoms with Gasteiger partial charge in [-0.15, -0.1) is 0 Å². The van der Waals surface area contributed by atoms with Gasteiger partial charge in [-0.25, -0.2) is 4.99 Å². The summed E-state index contributed by atoms with van der Waals surface area (Å²) >= 11 is 1.28. The molecule has 1 saturated heterocycles. The van der Waals surface area contributed by atoms with E-state index in [4.69, 9.17) is 4.99 Å². The number of carbonyl (C=O) groups is 1. The Balaban J connectivity index is 2.12. The monoisotopic (exact) mass is 315 g/mol. The van der Waals surface area contributed by atoms with Crippen LogP contribution in [0.4, 0.5) is 5.69 Å². The molecule has 0 spiro atoms. The molecule has 116 valence electrons. The Bertz CT molecular complexity index is 689. The predicted molar refractivity (Wildman–Crippen MR) is 92.1 cm³/mol. The second-order valence-electron chi connectivity index (χ2n) is 6.21. The van der Waals surface area contributed by atoms with Gasteiger partial charge in [0.25, 0.3) is 0 Å². The Morgan fingerprint density at radius 2 is 1.86 bits per heavy atom. The average molecular weight is 315 g/mol. The highest BCUT2D eigenvalue weighted by Crippen LogP contribution is 2.44. The van der Waals surface area contributed by atoms with Crippen molar-refractivity contribution in [1.82, 2.24) is 0 Å². The lowest BCUT2D eigenvalue weighted by atomic mass is 9.86. The Labute approximate surface area is 135 Å². The summed E-state index contributed by atoms with van der Waals surface area (Å²) in [7, 11) is 0. The third-order valence-electron chi connectivity index (χ3n) is 4.98. The van der Waals surface area contributed by atoms with E-state index in [-0.39, 0.29) is 17.0 Å². The second-order valence-corrected chi connectivity index (χ2v) is 7.23. The number of benzene rings is 1. The summed E-state index contributed by atoms with van der Waals surface area (Å²) in [6, 6.07) is 0. The fourth-order valence-electron chi connectivity index (χ4n) is 3.28. The van der Waals surface area contributed by atoms with Gasteiger partial charge in [0.1, 0.15) is 5.75 Å². The minimum Gasteiger partial charge on any atom is -0.507 e. The molecule has 1 aliphatic carbocycles. The van der Waals surface area contributed by atoms with Crippen molar-refractivity contribution in [2.24, 2.45) is 16.8 Å². The van der Waals surface area contributed by atoms with E-state index in [1.165, 1.54) is 11.8 Å². The minimum absolute atomic E-state index is 0.0782. The first-order valence-electron chi connectivity index (χ1n) is 7.68. The molecular formula is C18H21NO2S. The molecule has 4 heteroatoms. The predicted octanol–water partition coefficient (Wildman–Crippen LogP) is 4.51. The van der Waals surface area contributed by atoms with E-state index in [2.05, 4.69) is 12.2 Å². The van der Waals surface area contributed by atoms with Gasteiger partial charge in [0.05, 0.1) is 10.7 Å². The first-order chi connectivity index (χ1) is 10.4. The third kappa shape index (κ3) is 2.30. The lowest BCUT2D eigenvalue weighted by Gasteiger charge is -2.18. The van der Waals surface area contributed by atoms with Crippen LogP contribution >= 0.6 is 11.8 Å². The number of rotatable bonds is 1. The van der Waals surface area contributed by atoms with Gasteiger partial charge in [0, 0.05) is 17.4 Å². The Morgan fingerprint density at radius 1 is 1.14 bits per heavy atom. The first kappa shape index (κ1) is 15.3. The minimum atomic E-state index is 0.0782. The lowest BCUT2D eigenvalue weighted by molar-refractivity contribution is -0.114. The molecule has 1 heterocycles. The number of fused-ring (bicyclic) bond motifs is 1. The molecule has 0 radical (unpaired) electrons. The summed E-state index contributed by atoms with van der Waals surface area (Å²) in [6.07, 6.45) is 6.16. The molecule has 1 aromatic carbocycles. The number of hydrogen-bond donors (Lipinski definition) is 1. The highest BCUT2D eigenvalue weighted by Gasteiger charge is 2.40. The molecule has 1 fully saturated rings. The van der Waals surface area contributed by atoms with Gasteiger partial charge in [-0.2, -0.15) is 0 Å². The van der Waals surface area contributed by atoms with Crippen LogP contribution in [-0.2, 0) is 4.79 Å². The summed E-state index contributed by atoms with van der Waals surface area (Å²) < 4.78 is 0. The Morgan fingerprint density at radius 3 is 2.59 bits per heavy atom. The smallest absolute Gasteiger partial charge is 0.198 e. The van der Waals surface area contributed by atoms with Crippen molar-refractivity contribution in [2.75, 3.05) is 0 Å². The van der Waals surface area contributed by atoms with Crippen LogP contribution in [0.15, 0.2) is 17.1 Å². The molecule has 0 saturated carbocycles. The number of aliphatic imine (C=N–C) groups is 1. The van der Waals surface area contributed by atoms with Crippen molar-refractivity contribution >= 4 is 27.6 Å². The highest BCUT2D eigenvalue weighted by molar-refractivity contribution is 8.27. The summed E-state index contributed by atoms with van der Waals surface area (Å²) in [5.41, 5.74) is 4.66. The molecule has 0 amide bonds. The number of nitrogens with zero attached hydrogens (tertiary/aromatic N) is 1. The normalized spacial score (nSPS) is 25.8. The zero-order valence-corrected chi connectivity index (χ0v) is 14.3. The number of allylic oxidation sites excluding steroid dienone is 2. The maximum absolute atomic E-state index is 12.2. The molecule has 2 atom stereocenters. The van der Waals surface area contributed by atoms with Crippen LogP contribution in [0.5, 0.6) is 5.75 Å². The largest absolute Gasteiger partial charge is 0.507 e. The van der Waals surface area contributed by atoms with E-state index < -0.39 is 0 Å². The van der Waals surface area contributed by atoms with E-state index in [1.807, 2.05) is 27.7 Å². The van der Waals surface area contributed by atoms with Crippen LogP contribution in [0, 0.1) is 39.5 Å². The van der Waals surface area contributed by atoms with Crippen LogP contribution in [-0.4, -0.2) is 15.3 Å². The molecule has 3 nitrogen and oxygen atoms in total.